The maximum Gasteiger partial charge on any atom is 0.416 e. The Kier molecular flexibility index (Phi) is 6.13. The number of halogens is 3. The number of amides is 2. The van der Waals surface area contributed by atoms with Gasteiger partial charge in [-0.25, -0.2) is 0 Å². The average Bonchev–Trinajstić information content (AvgIpc) is 3.20. The standard InChI is InChI=1S/C24H26F3N3O2/c1-2-29-12-9-16-5-8-20(15-21(16)29)28-22(31)17-10-13-30(14-11-17)23(32)18-3-6-19(7-4-18)24(25,26)27/h3-8,15,17H,2,9-14H2,1H3,(H,28,31). The molecule has 170 valence electrons. The molecule has 0 spiro atoms. The van der Waals surface area contributed by atoms with Crippen LogP contribution in [0.1, 0.15) is 41.3 Å². The molecule has 2 aromatic carbocycles. The Bertz CT molecular complexity index is 997. The lowest BCUT2D eigenvalue weighted by Crippen LogP contribution is -2.41. The molecule has 0 bridgehead atoms. The number of rotatable bonds is 4. The van der Waals surface area contributed by atoms with E-state index >= 15 is 0 Å². The fraction of sp³-hybridized carbons (Fsp3) is 0.417. The Balaban J connectivity index is 1.32. The van der Waals surface area contributed by atoms with Crippen molar-refractivity contribution in [3.63, 3.8) is 0 Å². The summed E-state index contributed by atoms with van der Waals surface area (Å²) in [6.45, 7) is 4.82. The van der Waals surface area contributed by atoms with Gasteiger partial charge < -0.3 is 15.1 Å². The first-order chi connectivity index (χ1) is 15.3. The fourth-order valence-corrected chi connectivity index (χ4v) is 4.43. The van der Waals surface area contributed by atoms with Gasteiger partial charge in [0.25, 0.3) is 5.91 Å². The van der Waals surface area contributed by atoms with Crippen molar-refractivity contribution < 1.29 is 22.8 Å². The summed E-state index contributed by atoms with van der Waals surface area (Å²) < 4.78 is 38.2. The molecule has 0 unspecified atom stereocenters. The summed E-state index contributed by atoms with van der Waals surface area (Å²) in [6, 6.07) is 10.3. The molecule has 5 nitrogen and oxygen atoms in total. The van der Waals surface area contributed by atoms with Gasteiger partial charge in [-0.3, -0.25) is 9.59 Å². The minimum atomic E-state index is -4.43. The van der Waals surface area contributed by atoms with E-state index in [1.54, 1.807) is 4.90 Å². The number of anilines is 2. The molecule has 4 rings (SSSR count). The Morgan fingerprint density at radius 2 is 1.72 bits per heavy atom. The zero-order chi connectivity index (χ0) is 22.9. The van der Waals surface area contributed by atoms with Crippen LogP contribution < -0.4 is 10.2 Å². The van der Waals surface area contributed by atoms with Crippen LogP contribution in [0.3, 0.4) is 0 Å². The van der Waals surface area contributed by atoms with Crippen molar-refractivity contribution in [2.45, 2.75) is 32.4 Å². The molecule has 0 radical (unpaired) electrons. The molecule has 2 amide bonds. The van der Waals surface area contributed by atoms with Crippen molar-refractivity contribution in [2.75, 3.05) is 36.4 Å². The van der Waals surface area contributed by atoms with Crippen LogP contribution in [0.25, 0.3) is 0 Å². The van der Waals surface area contributed by atoms with Gasteiger partial charge in [0.15, 0.2) is 0 Å². The Morgan fingerprint density at radius 1 is 1.03 bits per heavy atom. The van der Waals surface area contributed by atoms with Crippen LogP contribution in [0, 0.1) is 5.92 Å². The molecular formula is C24H26F3N3O2. The lowest BCUT2D eigenvalue weighted by atomic mass is 9.95. The lowest BCUT2D eigenvalue weighted by Gasteiger charge is -2.31. The first-order valence-corrected chi connectivity index (χ1v) is 10.9. The van der Waals surface area contributed by atoms with E-state index in [0.717, 1.165) is 37.3 Å². The molecule has 2 aliphatic rings. The second-order valence-electron chi connectivity index (χ2n) is 8.30. The first kappa shape index (κ1) is 22.2. The maximum atomic E-state index is 12.8. The third kappa shape index (κ3) is 4.59. The van der Waals surface area contributed by atoms with Gasteiger partial charge in [-0.2, -0.15) is 13.2 Å². The Morgan fingerprint density at radius 3 is 2.34 bits per heavy atom. The van der Waals surface area contributed by atoms with Gasteiger partial charge in [0.2, 0.25) is 5.91 Å². The summed E-state index contributed by atoms with van der Waals surface area (Å²) in [5, 5.41) is 3.01. The molecule has 1 N–H and O–H groups in total. The number of likely N-dealkylation sites (N-methyl/N-ethyl adjacent to an activating group) is 1. The van der Waals surface area contributed by atoms with Crippen LogP contribution >= 0.6 is 0 Å². The van der Waals surface area contributed by atoms with Crippen LogP contribution in [0.2, 0.25) is 0 Å². The number of nitrogens with zero attached hydrogens (tertiary/aromatic N) is 2. The number of nitrogens with one attached hydrogen (secondary N) is 1. The summed E-state index contributed by atoms with van der Waals surface area (Å²) in [6.07, 6.45) is -2.38. The number of piperidine rings is 1. The van der Waals surface area contributed by atoms with Crippen LogP contribution in [-0.2, 0) is 17.4 Å². The number of hydrogen-bond acceptors (Lipinski definition) is 3. The van der Waals surface area contributed by atoms with Gasteiger partial charge in [0, 0.05) is 49.0 Å². The van der Waals surface area contributed by atoms with Crippen molar-refractivity contribution in [3.8, 4) is 0 Å². The summed E-state index contributed by atoms with van der Waals surface area (Å²) >= 11 is 0. The van der Waals surface area contributed by atoms with E-state index in [2.05, 4.69) is 23.2 Å². The Labute approximate surface area is 185 Å². The second kappa shape index (κ2) is 8.84. The highest BCUT2D eigenvalue weighted by atomic mass is 19.4. The summed E-state index contributed by atoms with van der Waals surface area (Å²) in [5.74, 6) is -0.578. The van der Waals surface area contributed by atoms with E-state index < -0.39 is 11.7 Å². The van der Waals surface area contributed by atoms with Crippen LogP contribution in [0.4, 0.5) is 24.5 Å². The smallest absolute Gasteiger partial charge is 0.371 e. The summed E-state index contributed by atoms with van der Waals surface area (Å²) in [5.41, 5.74) is 2.68. The first-order valence-electron chi connectivity index (χ1n) is 10.9. The maximum absolute atomic E-state index is 12.8. The molecule has 2 aromatic rings. The summed E-state index contributed by atoms with van der Waals surface area (Å²) in [7, 11) is 0. The Hall–Kier alpha value is -3.03. The van der Waals surface area contributed by atoms with E-state index in [9.17, 15) is 22.8 Å². The minimum absolute atomic E-state index is 0.0624. The molecule has 32 heavy (non-hydrogen) atoms. The molecule has 2 heterocycles. The highest BCUT2D eigenvalue weighted by molar-refractivity contribution is 5.95. The topological polar surface area (TPSA) is 52.7 Å². The predicted octanol–water partition coefficient (Wildman–Crippen LogP) is 4.58. The molecule has 2 aliphatic heterocycles. The van der Waals surface area contributed by atoms with Gasteiger partial charge in [0.05, 0.1) is 5.56 Å². The second-order valence-corrected chi connectivity index (χ2v) is 8.30. The number of carbonyl (C=O) groups is 2. The van der Waals surface area contributed by atoms with Crippen molar-refractivity contribution in [1.29, 1.82) is 0 Å². The molecule has 1 saturated heterocycles. The summed E-state index contributed by atoms with van der Waals surface area (Å²) in [4.78, 5) is 29.3. The zero-order valence-corrected chi connectivity index (χ0v) is 17.9. The third-order valence-corrected chi connectivity index (χ3v) is 6.34. The molecule has 0 aliphatic carbocycles. The molecule has 8 heteroatoms. The number of likely N-dealkylation sites (tertiary alicyclic amines) is 1. The van der Waals surface area contributed by atoms with Crippen LogP contribution in [0.5, 0.6) is 0 Å². The SMILES string of the molecule is CCN1CCc2ccc(NC(=O)C3CCN(C(=O)c4ccc(C(F)(F)F)cc4)CC3)cc21. The quantitative estimate of drug-likeness (QED) is 0.750. The molecule has 0 saturated carbocycles. The lowest BCUT2D eigenvalue weighted by molar-refractivity contribution is -0.137. The fourth-order valence-electron chi connectivity index (χ4n) is 4.43. The highest BCUT2D eigenvalue weighted by Crippen LogP contribution is 2.32. The highest BCUT2D eigenvalue weighted by Gasteiger charge is 2.31. The van der Waals surface area contributed by atoms with Crippen LogP contribution in [-0.4, -0.2) is 42.9 Å². The van der Waals surface area contributed by atoms with Crippen molar-refractivity contribution in [3.05, 3.63) is 59.2 Å². The van der Waals surface area contributed by atoms with Gasteiger partial charge in [-0.1, -0.05) is 6.07 Å². The monoisotopic (exact) mass is 445 g/mol. The van der Waals surface area contributed by atoms with Gasteiger partial charge in [-0.15, -0.1) is 0 Å². The van der Waals surface area contributed by atoms with Crippen molar-refractivity contribution in [1.82, 2.24) is 4.90 Å². The van der Waals surface area contributed by atoms with E-state index in [4.69, 9.17) is 0 Å². The van der Waals surface area contributed by atoms with Crippen LogP contribution in [0.15, 0.2) is 42.5 Å². The predicted molar refractivity (Wildman–Crippen MR) is 117 cm³/mol. The largest absolute Gasteiger partial charge is 0.416 e. The van der Waals surface area contributed by atoms with Crippen molar-refractivity contribution >= 4 is 23.2 Å². The number of carbonyl (C=O) groups excluding carboxylic acids is 2. The third-order valence-electron chi connectivity index (χ3n) is 6.34. The van der Waals surface area contributed by atoms with E-state index in [1.165, 1.54) is 23.4 Å². The number of benzene rings is 2. The van der Waals surface area contributed by atoms with Gasteiger partial charge in [-0.05, 0) is 68.1 Å². The zero-order valence-electron chi connectivity index (χ0n) is 17.9. The van der Waals surface area contributed by atoms with E-state index in [0.29, 0.717) is 25.9 Å². The molecule has 1 fully saturated rings. The number of alkyl halides is 3. The van der Waals surface area contributed by atoms with Gasteiger partial charge in [0.1, 0.15) is 0 Å². The normalized spacial score (nSPS) is 16.8. The van der Waals surface area contributed by atoms with Gasteiger partial charge >= 0.3 is 6.18 Å². The average molecular weight is 445 g/mol. The molecular weight excluding hydrogens is 419 g/mol. The number of hydrogen-bond donors (Lipinski definition) is 1. The molecule has 0 aromatic heterocycles. The van der Waals surface area contributed by atoms with Crippen molar-refractivity contribution in [2.24, 2.45) is 5.92 Å². The minimum Gasteiger partial charge on any atom is -0.371 e. The molecule has 0 atom stereocenters. The van der Waals surface area contributed by atoms with E-state index in [-0.39, 0.29) is 23.3 Å². The number of fused-ring (bicyclic) bond motifs is 1. The van der Waals surface area contributed by atoms with E-state index in [1.807, 2.05) is 12.1 Å².